The predicted molar refractivity (Wildman–Crippen MR) is 47.9 cm³/mol. The van der Waals surface area contributed by atoms with E-state index in [0.717, 1.165) is 0 Å². The van der Waals surface area contributed by atoms with E-state index in [1.165, 1.54) is 5.21 Å². The maximum atomic E-state index is 3.57. The average Bonchev–Trinajstić information content (AvgIpc) is 1.21. The molecule has 0 aromatic rings. The van der Waals surface area contributed by atoms with Gasteiger partial charge < -0.3 is 0 Å². The molecule has 3 heteroatoms. The van der Waals surface area contributed by atoms with Gasteiger partial charge in [-0.15, -0.1) is 0 Å². The predicted octanol–water partition coefficient (Wildman–Crippen LogP) is 3.31. The molecule has 0 heterocycles. The Hall–Kier alpha value is 1.52. The molecule has 0 bridgehead atoms. The summed E-state index contributed by atoms with van der Waals surface area (Å²) in [4.78, 5) is 0. The van der Waals surface area contributed by atoms with Crippen molar-refractivity contribution in [1.29, 1.82) is 0 Å². The van der Waals surface area contributed by atoms with E-state index < -0.39 is 10.9 Å². The molecule has 0 aromatic carbocycles. The Bertz CT molecular complexity index is 65.3. The second-order valence-corrected chi connectivity index (χ2v) is 18.8. The van der Waals surface area contributed by atoms with Gasteiger partial charge >= 0.3 is 70.2 Å². The third kappa shape index (κ3) is 7.52. The molecule has 0 N–H and O–H groups in total. The van der Waals surface area contributed by atoms with Crippen molar-refractivity contribution >= 4 is 38.8 Å². The van der Waals surface area contributed by atoms with Gasteiger partial charge in [0, 0.05) is 0 Å². The molecule has 0 unspecified atom stereocenters. The van der Waals surface area contributed by atoms with Crippen LogP contribution in [-0.4, -0.2) is 10.9 Å². The van der Waals surface area contributed by atoms with Crippen molar-refractivity contribution in [2.24, 2.45) is 5.41 Å². The van der Waals surface area contributed by atoms with Gasteiger partial charge in [-0.1, -0.05) is 0 Å². The zero-order valence-electron chi connectivity index (χ0n) is 5.41. The minimum absolute atomic E-state index is 0.493. The van der Waals surface area contributed by atoms with E-state index in [1.807, 2.05) is 0 Å². The molecule has 0 nitrogen and oxygen atoms in total. The molecule has 0 atom stereocenters. The fourth-order valence-corrected chi connectivity index (χ4v) is 9.68. The molecular formula is C5H11AsBr2. The van der Waals surface area contributed by atoms with Crippen molar-refractivity contribution < 1.29 is 0 Å². The van der Waals surface area contributed by atoms with E-state index in [9.17, 15) is 0 Å². The van der Waals surface area contributed by atoms with Crippen molar-refractivity contribution in [3.8, 4) is 0 Å². The third-order valence-electron chi connectivity index (χ3n) is 0.594. The van der Waals surface area contributed by atoms with Gasteiger partial charge in [0.15, 0.2) is 0 Å². The number of hydrogen-bond acceptors (Lipinski definition) is 0. The van der Waals surface area contributed by atoms with Crippen molar-refractivity contribution in [2.45, 2.75) is 26.0 Å². The van der Waals surface area contributed by atoms with Crippen LogP contribution >= 0.6 is 27.9 Å². The molecule has 8 heavy (non-hydrogen) atoms. The molecule has 0 aliphatic heterocycles. The summed E-state index contributed by atoms with van der Waals surface area (Å²) in [6.45, 7) is 6.78. The summed E-state index contributed by atoms with van der Waals surface area (Å²) in [5.41, 5.74) is 0.493. The number of halogens is 2. The second kappa shape index (κ2) is 3.63. The van der Waals surface area contributed by atoms with Crippen LogP contribution in [-0.2, 0) is 0 Å². The average molecular weight is 306 g/mol. The van der Waals surface area contributed by atoms with Gasteiger partial charge in [0.05, 0.1) is 0 Å². The summed E-state index contributed by atoms with van der Waals surface area (Å²) in [5.74, 6) is 0. The first kappa shape index (κ1) is 9.52. The van der Waals surface area contributed by atoms with Crippen LogP contribution in [0.15, 0.2) is 0 Å². The summed E-state index contributed by atoms with van der Waals surface area (Å²) in [5, 5.41) is 1.31. The molecule has 0 spiro atoms. The van der Waals surface area contributed by atoms with E-state index in [2.05, 4.69) is 48.6 Å². The maximum absolute atomic E-state index is 3.57. The van der Waals surface area contributed by atoms with Crippen molar-refractivity contribution in [3.63, 3.8) is 0 Å². The van der Waals surface area contributed by atoms with Crippen LogP contribution in [0.3, 0.4) is 0 Å². The van der Waals surface area contributed by atoms with E-state index >= 15 is 0 Å². The molecule has 0 aromatic heterocycles. The third-order valence-corrected chi connectivity index (χ3v) is 5.69. The molecule has 0 rings (SSSR count). The Kier molecular flexibility index (Phi) is 4.32. The Balaban J connectivity index is 3.39. The molecular weight excluding hydrogens is 295 g/mol. The van der Waals surface area contributed by atoms with Crippen LogP contribution in [0.5, 0.6) is 0 Å². The van der Waals surface area contributed by atoms with Crippen LogP contribution in [0.2, 0.25) is 5.21 Å². The molecule has 0 amide bonds. The van der Waals surface area contributed by atoms with E-state index in [4.69, 9.17) is 0 Å². The second-order valence-electron chi connectivity index (χ2n) is 3.02. The number of hydrogen-bond donors (Lipinski definition) is 0. The standard InChI is InChI=1S/C5H11AsBr2/c1-5(2,3)4-6(7)8/h4H2,1-3H3. The molecule has 50 valence electrons. The van der Waals surface area contributed by atoms with Crippen LogP contribution in [0.1, 0.15) is 20.8 Å². The van der Waals surface area contributed by atoms with Crippen LogP contribution < -0.4 is 0 Å². The Morgan fingerprint density at radius 3 is 1.62 bits per heavy atom. The Labute approximate surface area is 69.8 Å². The monoisotopic (exact) mass is 304 g/mol. The van der Waals surface area contributed by atoms with Gasteiger partial charge in [0.1, 0.15) is 0 Å². The fourth-order valence-electron chi connectivity index (χ4n) is 0.359. The van der Waals surface area contributed by atoms with Crippen LogP contribution in [0.25, 0.3) is 0 Å². The summed E-state index contributed by atoms with van der Waals surface area (Å²) in [6, 6.07) is 0. The van der Waals surface area contributed by atoms with Gasteiger partial charge in [-0.2, -0.15) is 0 Å². The van der Waals surface area contributed by atoms with Crippen LogP contribution in [0.4, 0.5) is 0 Å². The summed E-state index contributed by atoms with van der Waals surface area (Å²) < 4.78 is 0. The number of rotatable bonds is 1. The Morgan fingerprint density at radius 2 is 1.62 bits per heavy atom. The van der Waals surface area contributed by atoms with Crippen molar-refractivity contribution in [3.05, 3.63) is 0 Å². The van der Waals surface area contributed by atoms with E-state index in [0.29, 0.717) is 5.41 Å². The molecule has 0 saturated carbocycles. The van der Waals surface area contributed by atoms with Crippen LogP contribution in [0, 0.1) is 5.41 Å². The normalized spacial score (nSPS) is 12.8. The van der Waals surface area contributed by atoms with Crippen molar-refractivity contribution in [2.75, 3.05) is 0 Å². The summed E-state index contributed by atoms with van der Waals surface area (Å²) in [7, 11) is -0.727. The first-order valence-corrected chi connectivity index (χ1v) is 12.6. The molecule has 0 aliphatic carbocycles. The minimum atomic E-state index is -0.727. The van der Waals surface area contributed by atoms with E-state index in [-0.39, 0.29) is 0 Å². The molecule has 0 saturated heterocycles. The topological polar surface area (TPSA) is 0 Å². The van der Waals surface area contributed by atoms with E-state index in [1.54, 1.807) is 0 Å². The van der Waals surface area contributed by atoms with Gasteiger partial charge in [-0.25, -0.2) is 0 Å². The molecule has 0 fully saturated rings. The summed E-state index contributed by atoms with van der Waals surface area (Å²) >= 11 is 7.15. The first-order valence-electron chi connectivity index (χ1n) is 2.51. The van der Waals surface area contributed by atoms with Gasteiger partial charge in [0.2, 0.25) is 0 Å². The zero-order valence-corrected chi connectivity index (χ0v) is 10.5. The van der Waals surface area contributed by atoms with Gasteiger partial charge in [0.25, 0.3) is 0 Å². The fraction of sp³-hybridized carbons (Fsp3) is 1.00. The van der Waals surface area contributed by atoms with Gasteiger partial charge in [-0.05, 0) is 0 Å². The zero-order chi connectivity index (χ0) is 6.78. The Morgan fingerprint density at radius 1 is 1.25 bits per heavy atom. The molecule has 0 radical (unpaired) electrons. The molecule has 0 aliphatic rings. The van der Waals surface area contributed by atoms with Gasteiger partial charge in [-0.3, -0.25) is 0 Å². The quantitative estimate of drug-likeness (QED) is 0.652. The van der Waals surface area contributed by atoms with Crippen molar-refractivity contribution in [1.82, 2.24) is 0 Å². The first-order chi connectivity index (χ1) is 3.42. The SMILES string of the molecule is CC(C)(C)C[As](Br)Br. The summed E-state index contributed by atoms with van der Waals surface area (Å²) in [6.07, 6.45) is 0.